The molecule has 0 unspecified atom stereocenters. The molecular formula is C20H24N2O3. The molecule has 0 heterocycles. The largest absolute Gasteiger partial charge is 0.493 e. The maximum absolute atomic E-state index is 12.5. The molecule has 0 spiro atoms. The molecule has 0 fully saturated rings. The van der Waals surface area contributed by atoms with E-state index in [1.165, 1.54) is 4.90 Å². The Morgan fingerprint density at radius 2 is 1.72 bits per heavy atom. The smallest absolute Gasteiger partial charge is 0.255 e. The summed E-state index contributed by atoms with van der Waals surface area (Å²) in [6.45, 7) is 4.73. The van der Waals surface area contributed by atoms with Gasteiger partial charge in [-0.05, 0) is 42.3 Å². The Bertz CT molecular complexity index is 754. The highest BCUT2D eigenvalue weighted by atomic mass is 16.5. The van der Waals surface area contributed by atoms with Crippen LogP contribution in [0.25, 0.3) is 0 Å². The average molecular weight is 340 g/mol. The van der Waals surface area contributed by atoms with Gasteiger partial charge in [-0.2, -0.15) is 0 Å². The van der Waals surface area contributed by atoms with E-state index >= 15 is 0 Å². The van der Waals surface area contributed by atoms with Gasteiger partial charge in [0.25, 0.3) is 11.8 Å². The number of hydrogen-bond donors (Lipinski definition) is 1. The highest BCUT2D eigenvalue weighted by Gasteiger charge is 2.11. The van der Waals surface area contributed by atoms with Gasteiger partial charge in [-0.25, -0.2) is 0 Å². The monoisotopic (exact) mass is 340 g/mol. The Morgan fingerprint density at radius 1 is 1.04 bits per heavy atom. The zero-order valence-corrected chi connectivity index (χ0v) is 15.1. The third-order valence-electron chi connectivity index (χ3n) is 3.45. The Kier molecular flexibility index (Phi) is 6.17. The summed E-state index contributed by atoms with van der Waals surface area (Å²) in [7, 11) is 3.38. The zero-order chi connectivity index (χ0) is 18.4. The maximum atomic E-state index is 12.5. The summed E-state index contributed by atoms with van der Waals surface area (Å²) in [6.07, 6.45) is 0. The van der Waals surface area contributed by atoms with Crippen LogP contribution in [0.5, 0.6) is 5.75 Å². The first-order chi connectivity index (χ1) is 11.9. The van der Waals surface area contributed by atoms with Crippen LogP contribution in [0.1, 0.15) is 34.6 Å². The van der Waals surface area contributed by atoms with Gasteiger partial charge in [-0.15, -0.1) is 0 Å². The number of benzene rings is 2. The first-order valence-corrected chi connectivity index (χ1v) is 8.22. The molecule has 5 heteroatoms. The predicted octanol–water partition coefficient (Wildman–Crippen LogP) is 3.68. The first-order valence-electron chi connectivity index (χ1n) is 8.22. The van der Waals surface area contributed by atoms with Crippen molar-refractivity contribution >= 4 is 17.5 Å². The number of nitrogens with zero attached hydrogens (tertiary/aromatic N) is 1. The molecular weight excluding hydrogens is 316 g/mol. The van der Waals surface area contributed by atoms with Gasteiger partial charge in [-0.3, -0.25) is 9.59 Å². The van der Waals surface area contributed by atoms with Gasteiger partial charge >= 0.3 is 0 Å². The fraction of sp³-hybridized carbons (Fsp3) is 0.300. The number of ether oxygens (including phenoxy) is 1. The van der Waals surface area contributed by atoms with Gasteiger partial charge in [0.2, 0.25) is 0 Å². The van der Waals surface area contributed by atoms with Crippen molar-refractivity contribution in [3.05, 3.63) is 59.7 Å². The third kappa shape index (κ3) is 5.35. The Hall–Kier alpha value is -2.82. The molecule has 1 N–H and O–H groups in total. The molecule has 5 nitrogen and oxygen atoms in total. The van der Waals surface area contributed by atoms with E-state index in [0.29, 0.717) is 35.1 Å². The molecule has 0 bridgehead atoms. The molecule has 2 aromatic rings. The second-order valence-electron chi connectivity index (χ2n) is 6.47. The molecule has 0 atom stereocenters. The van der Waals surface area contributed by atoms with Crippen molar-refractivity contribution in [2.24, 2.45) is 5.92 Å². The maximum Gasteiger partial charge on any atom is 0.255 e. The molecule has 0 aromatic heterocycles. The number of anilines is 1. The Morgan fingerprint density at radius 3 is 2.40 bits per heavy atom. The molecule has 0 radical (unpaired) electrons. The van der Waals surface area contributed by atoms with Gasteiger partial charge in [0.15, 0.2) is 0 Å². The third-order valence-corrected chi connectivity index (χ3v) is 3.45. The lowest BCUT2D eigenvalue weighted by molar-refractivity contribution is 0.0827. The summed E-state index contributed by atoms with van der Waals surface area (Å²) in [6, 6.07) is 13.9. The normalized spacial score (nSPS) is 10.4. The average Bonchev–Trinajstić information content (AvgIpc) is 2.59. The fourth-order valence-electron chi connectivity index (χ4n) is 2.18. The first kappa shape index (κ1) is 18.5. The molecule has 0 saturated heterocycles. The minimum Gasteiger partial charge on any atom is -0.493 e. The molecule has 2 rings (SSSR count). The van der Waals surface area contributed by atoms with Crippen LogP contribution in [-0.4, -0.2) is 37.4 Å². The summed E-state index contributed by atoms with van der Waals surface area (Å²) >= 11 is 0. The van der Waals surface area contributed by atoms with Crippen molar-refractivity contribution < 1.29 is 14.3 Å². The molecule has 0 aliphatic heterocycles. The van der Waals surface area contributed by atoms with Gasteiger partial charge in [-0.1, -0.05) is 26.0 Å². The van der Waals surface area contributed by atoms with Crippen LogP contribution >= 0.6 is 0 Å². The lowest BCUT2D eigenvalue weighted by Crippen LogP contribution is -2.22. The Labute approximate surface area is 148 Å². The van der Waals surface area contributed by atoms with Crippen molar-refractivity contribution in [1.82, 2.24) is 4.90 Å². The summed E-state index contributed by atoms with van der Waals surface area (Å²) < 4.78 is 5.66. The van der Waals surface area contributed by atoms with E-state index in [1.54, 1.807) is 56.6 Å². The van der Waals surface area contributed by atoms with E-state index in [-0.39, 0.29) is 11.8 Å². The summed E-state index contributed by atoms with van der Waals surface area (Å²) in [5.41, 5.74) is 1.61. The van der Waals surface area contributed by atoms with Crippen LogP contribution in [0.2, 0.25) is 0 Å². The number of carbonyl (C=O) groups is 2. The highest BCUT2D eigenvalue weighted by Crippen LogP contribution is 2.17. The Balaban J connectivity index is 2.11. The van der Waals surface area contributed by atoms with Crippen molar-refractivity contribution in [3.63, 3.8) is 0 Å². The molecule has 0 saturated carbocycles. The van der Waals surface area contributed by atoms with Crippen molar-refractivity contribution in [1.29, 1.82) is 0 Å². The number of hydrogen-bond acceptors (Lipinski definition) is 3. The minimum absolute atomic E-state index is 0.111. The van der Waals surface area contributed by atoms with Gasteiger partial charge in [0.05, 0.1) is 6.61 Å². The van der Waals surface area contributed by atoms with Gasteiger partial charge in [0, 0.05) is 30.9 Å². The number of carbonyl (C=O) groups excluding carboxylic acids is 2. The number of rotatable bonds is 6. The van der Waals surface area contributed by atoms with E-state index in [9.17, 15) is 9.59 Å². The minimum atomic E-state index is -0.246. The summed E-state index contributed by atoms with van der Waals surface area (Å²) in [5.74, 6) is 0.719. The summed E-state index contributed by atoms with van der Waals surface area (Å²) in [4.78, 5) is 26.0. The second kappa shape index (κ2) is 8.33. The molecule has 0 aliphatic rings. The molecule has 0 aliphatic carbocycles. The molecule has 2 aromatic carbocycles. The van der Waals surface area contributed by atoms with Crippen LogP contribution in [-0.2, 0) is 0 Å². The number of amides is 2. The molecule has 132 valence electrons. The molecule has 2 amide bonds. The topological polar surface area (TPSA) is 58.6 Å². The number of nitrogens with one attached hydrogen (secondary N) is 1. The second-order valence-corrected chi connectivity index (χ2v) is 6.47. The van der Waals surface area contributed by atoms with Crippen LogP contribution in [0.3, 0.4) is 0 Å². The van der Waals surface area contributed by atoms with E-state index in [4.69, 9.17) is 4.74 Å². The lowest BCUT2D eigenvalue weighted by atomic mass is 10.1. The van der Waals surface area contributed by atoms with Crippen LogP contribution < -0.4 is 10.1 Å². The van der Waals surface area contributed by atoms with Crippen LogP contribution in [0.15, 0.2) is 48.5 Å². The lowest BCUT2D eigenvalue weighted by Gasteiger charge is -2.12. The van der Waals surface area contributed by atoms with E-state index in [2.05, 4.69) is 19.2 Å². The standard InChI is InChI=1S/C20H24N2O3/c1-14(2)13-25-18-10-6-7-15(12-18)19(23)21-17-9-5-8-16(11-17)20(24)22(3)4/h5-12,14H,13H2,1-4H3,(H,21,23). The van der Waals surface area contributed by atoms with E-state index in [1.807, 2.05) is 6.07 Å². The summed E-state index contributed by atoms with van der Waals surface area (Å²) in [5, 5.41) is 2.82. The fourth-order valence-corrected chi connectivity index (χ4v) is 2.18. The van der Waals surface area contributed by atoms with Crippen molar-refractivity contribution in [2.75, 3.05) is 26.0 Å². The molecule has 25 heavy (non-hydrogen) atoms. The van der Waals surface area contributed by atoms with Crippen molar-refractivity contribution in [3.8, 4) is 5.75 Å². The highest BCUT2D eigenvalue weighted by molar-refractivity contribution is 6.05. The van der Waals surface area contributed by atoms with Gasteiger partial charge < -0.3 is 15.0 Å². The van der Waals surface area contributed by atoms with Crippen molar-refractivity contribution in [2.45, 2.75) is 13.8 Å². The quantitative estimate of drug-likeness (QED) is 0.873. The van der Waals surface area contributed by atoms with Crippen LogP contribution in [0, 0.1) is 5.92 Å². The van der Waals surface area contributed by atoms with Crippen LogP contribution in [0.4, 0.5) is 5.69 Å². The van der Waals surface area contributed by atoms with Gasteiger partial charge in [0.1, 0.15) is 5.75 Å². The van der Waals surface area contributed by atoms with E-state index < -0.39 is 0 Å². The predicted molar refractivity (Wildman–Crippen MR) is 99.2 cm³/mol. The van der Waals surface area contributed by atoms with E-state index in [0.717, 1.165) is 0 Å². The zero-order valence-electron chi connectivity index (χ0n) is 15.1. The SMILES string of the molecule is CC(C)COc1cccc(C(=O)Nc2cccc(C(=O)N(C)C)c2)c1.